The van der Waals surface area contributed by atoms with Crippen molar-refractivity contribution in [3.05, 3.63) is 47.5 Å². The third-order valence-corrected chi connectivity index (χ3v) is 2.53. The summed E-state index contributed by atoms with van der Waals surface area (Å²) in [5.41, 5.74) is 8.29. The molecule has 5 heteroatoms. The van der Waals surface area contributed by atoms with E-state index in [1.807, 2.05) is 32.0 Å². The lowest BCUT2D eigenvalue weighted by atomic mass is 10.1. The molecule has 1 aromatic rings. The number of hydrogen-bond donors (Lipinski definition) is 3. The Morgan fingerprint density at radius 2 is 2.15 bits per heavy atom. The van der Waals surface area contributed by atoms with Crippen molar-refractivity contribution in [2.75, 3.05) is 13.1 Å². The molecule has 0 radical (unpaired) electrons. The van der Waals surface area contributed by atoms with Crippen LogP contribution in [0.5, 0.6) is 0 Å². The van der Waals surface area contributed by atoms with Crippen molar-refractivity contribution in [1.29, 1.82) is 0 Å². The predicted molar refractivity (Wildman–Crippen MR) is 82.6 cm³/mol. The largest absolute Gasteiger partial charge is 0.370 e. The van der Waals surface area contributed by atoms with E-state index < -0.39 is 0 Å². The third-order valence-electron chi connectivity index (χ3n) is 2.53. The summed E-state index contributed by atoms with van der Waals surface area (Å²) in [6.07, 6.45) is 0. The van der Waals surface area contributed by atoms with Crippen LogP contribution < -0.4 is 16.4 Å². The molecule has 0 bridgehead atoms. The quantitative estimate of drug-likeness (QED) is 0.417. The number of amides is 1. The van der Waals surface area contributed by atoms with Gasteiger partial charge in [-0.2, -0.15) is 0 Å². The summed E-state index contributed by atoms with van der Waals surface area (Å²) in [5, 5.41) is 5.72. The van der Waals surface area contributed by atoms with Crippen LogP contribution in [0, 0.1) is 0 Å². The van der Waals surface area contributed by atoms with Gasteiger partial charge in [-0.05, 0) is 31.5 Å². The Morgan fingerprint density at radius 3 is 2.80 bits per heavy atom. The lowest BCUT2D eigenvalue weighted by molar-refractivity contribution is 0.0955. The van der Waals surface area contributed by atoms with Gasteiger partial charge in [0.25, 0.3) is 5.91 Å². The van der Waals surface area contributed by atoms with Gasteiger partial charge < -0.3 is 16.4 Å². The minimum atomic E-state index is -0.0771. The molecule has 0 saturated heterocycles. The van der Waals surface area contributed by atoms with E-state index in [1.165, 1.54) is 0 Å². The first-order chi connectivity index (χ1) is 9.52. The van der Waals surface area contributed by atoms with Crippen LogP contribution in [0.4, 0.5) is 0 Å². The van der Waals surface area contributed by atoms with Gasteiger partial charge in [0.1, 0.15) is 0 Å². The molecule has 1 rings (SSSR count). The van der Waals surface area contributed by atoms with E-state index in [2.05, 4.69) is 22.2 Å². The number of aliphatic imine (C=N–C) groups is 1. The van der Waals surface area contributed by atoms with Crippen LogP contribution in [-0.4, -0.2) is 25.0 Å². The molecule has 0 unspecified atom stereocenters. The van der Waals surface area contributed by atoms with Crippen LogP contribution in [-0.2, 0) is 6.54 Å². The first-order valence-corrected chi connectivity index (χ1v) is 6.58. The number of nitrogens with zero attached hydrogens (tertiary/aromatic N) is 1. The second-order valence-electron chi connectivity index (χ2n) is 4.57. The molecule has 0 fully saturated rings. The topological polar surface area (TPSA) is 79.5 Å². The van der Waals surface area contributed by atoms with Crippen LogP contribution in [0.3, 0.4) is 0 Å². The van der Waals surface area contributed by atoms with Crippen LogP contribution >= 0.6 is 0 Å². The maximum absolute atomic E-state index is 11.7. The fourth-order valence-electron chi connectivity index (χ4n) is 1.55. The van der Waals surface area contributed by atoms with Gasteiger partial charge >= 0.3 is 0 Å². The van der Waals surface area contributed by atoms with Gasteiger partial charge in [-0.1, -0.05) is 24.3 Å². The molecule has 0 heterocycles. The molecule has 4 N–H and O–H groups in total. The van der Waals surface area contributed by atoms with Gasteiger partial charge in [-0.3, -0.25) is 4.79 Å². The lowest BCUT2D eigenvalue weighted by Gasteiger charge is -2.06. The maximum atomic E-state index is 11.7. The minimum absolute atomic E-state index is 0.0771. The third kappa shape index (κ3) is 5.56. The van der Waals surface area contributed by atoms with Gasteiger partial charge in [0.15, 0.2) is 5.96 Å². The van der Waals surface area contributed by atoms with E-state index >= 15 is 0 Å². The Morgan fingerprint density at radius 1 is 1.40 bits per heavy atom. The van der Waals surface area contributed by atoms with E-state index in [-0.39, 0.29) is 5.91 Å². The SMILES string of the molecule is C=C(C)CNC(N)=NCc1cccc(C(=O)NCC)c1. The smallest absolute Gasteiger partial charge is 0.251 e. The average Bonchev–Trinajstić information content (AvgIpc) is 2.43. The van der Waals surface area contributed by atoms with Crippen LogP contribution in [0.2, 0.25) is 0 Å². The van der Waals surface area contributed by atoms with Crippen molar-refractivity contribution >= 4 is 11.9 Å². The molecule has 0 spiro atoms. The van der Waals surface area contributed by atoms with E-state index in [9.17, 15) is 4.79 Å². The average molecular weight is 274 g/mol. The summed E-state index contributed by atoms with van der Waals surface area (Å²) in [7, 11) is 0. The van der Waals surface area contributed by atoms with Gasteiger partial charge in [-0.25, -0.2) is 4.99 Å². The number of guanidine groups is 1. The Balaban J connectivity index is 2.64. The van der Waals surface area contributed by atoms with Crippen molar-refractivity contribution in [1.82, 2.24) is 10.6 Å². The Kier molecular flexibility index (Phi) is 6.29. The number of carbonyl (C=O) groups excluding carboxylic acids is 1. The molecule has 0 saturated carbocycles. The maximum Gasteiger partial charge on any atom is 0.251 e. The lowest BCUT2D eigenvalue weighted by Crippen LogP contribution is -2.32. The molecule has 0 aliphatic heterocycles. The first kappa shape index (κ1) is 15.8. The monoisotopic (exact) mass is 274 g/mol. The normalized spacial score (nSPS) is 11.0. The summed E-state index contributed by atoms with van der Waals surface area (Å²) in [6.45, 7) is 9.23. The van der Waals surface area contributed by atoms with Crippen LogP contribution in [0.1, 0.15) is 29.8 Å². The molecular formula is C15H22N4O. The second kappa shape index (κ2) is 7.99. The molecular weight excluding hydrogens is 252 g/mol. The Labute approximate surface area is 120 Å². The summed E-state index contributed by atoms with van der Waals surface area (Å²) < 4.78 is 0. The van der Waals surface area contributed by atoms with E-state index in [1.54, 1.807) is 6.07 Å². The fourth-order valence-corrected chi connectivity index (χ4v) is 1.55. The first-order valence-electron chi connectivity index (χ1n) is 6.58. The van der Waals surface area contributed by atoms with Crippen molar-refractivity contribution < 1.29 is 4.79 Å². The summed E-state index contributed by atoms with van der Waals surface area (Å²) in [4.78, 5) is 15.9. The second-order valence-corrected chi connectivity index (χ2v) is 4.57. The minimum Gasteiger partial charge on any atom is -0.370 e. The fraction of sp³-hybridized carbons (Fsp3) is 0.333. The Hall–Kier alpha value is -2.30. The standard InChI is InChI=1S/C15H22N4O/c1-4-17-14(20)13-7-5-6-12(8-13)10-19-15(16)18-9-11(2)3/h5-8H,2,4,9-10H2,1,3H3,(H,17,20)(H3,16,18,19). The summed E-state index contributed by atoms with van der Waals surface area (Å²) in [6, 6.07) is 7.35. The number of carbonyl (C=O) groups is 1. The highest BCUT2D eigenvalue weighted by atomic mass is 16.1. The van der Waals surface area contributed by atoms with E-state index in [0.29, 0.717) is 31.2 Å². The molecule has 5 nitrogen and oxygen atoms in total. The number of nitrogens with two attached hydrogens (primary N) is 1. The number of nitrogens with one attached hydrogen (secondary N) is 2. The highest BCUT2D eigenvalue weighted by Gasteiger charge is 2.04. The number of hydrogen-bond acceptors (Lipinski definition) is 2. The van der Waals surface area contributed by atoms with Gasteiger partial charge in [-0.15, -0.1) is 0 Å². The zero-order valence-corrected chi connectivity index (χ0v) is 12.1. The van der Waals surface area contributed by atoms with Crippen molar-refractivity contribution in [2.45, 2.75) is 20.4 Å². The van der Waals surface area contributed by atoms with Crippen LogP contribution in [0.25, 0.3) is 0 Å². The number of rotatable bonds is 6. The van der Waals surface area contributed by atoms with Gasteiger partial charge in [0.2, 0.25) is 0 Å². The van der Waals surface area contributed by atoms with E-state index in [4.69, 9.17) is 5.73 Å². The highest BCUT2D eigenvalue weighted by Crippen LogP contribution is 2.06. The summed E-state index contributed by atoms with van der Waals surface area (Å²) in [5.74, 6) is 0.295. The Bertz CT molecular complexity index is 508. The zero-order valence-electron chi connectivity index (χ0n) is 12.1. The predicted octanol–water partition coefficient (Wildman–Crippen LogP) is 1.42. The number of benzene rings is 1. The molecule has 0 atom stereocenters. The molecule has 0 aliphatic rings. The molecule has 1 amide bonds. The molecule has 0 aromatic heterocycles. The van der Waals surface area contributed by atoms with Crippen molar-refractivity contribution in [2.24, 2.45) is 10.7 Å². The van der Waals surface area contributed by atoms with Gasteiger partial charge in [0.05, 0.1) is 6.54 Å². The van der Waals surface area contributed by atoms with E-state index in [0.717, 1.165) is 11.1 Å². The van der Waals surface area contributed by atoms with Crippen molar-refractivity contribution in [3.63, 3.8) is 0 Å². The molecule has 20 heavy (non-hydrogen) atoms. The molecule has 0 aliphatic carbocycles. The zero-order chi connectivity index (χ0) is 15.0. The highest BCUT2D eigenvalue weighted by molar-refractivity contribution is 5.94. The molecule has 108 valence electrons. The molecule has 1 aromatic carbocycles. The van der Waals surface area contributed by atoms with Crippen LogP contribution in [0.15, 0.2) is 41.4 Å². The van der Waals surface area contributed by atoms with Crippen molar-refractivity contribution in [3.8, 4) is 0 Å². The van der Waals surface area contributed by atoms with Gasteiger partial charge in [0, 0.05) is 18.7 Å². The summed E-state index contributed by atoms with van der Waals surface area (Å²) >= 11 is 0.